The minimum absolute atomic E-state index is 0.131. The number of halogens is 1. The maximum Gasteiger partial charge on any atom is 0.279 e. The number of nitrogens with one attached hydrogen (secondary N) is 1. The lowest BCUT2D eigenvalue weighted by molar-refractivity contribution is 0.284. The van der Waals surface area contributed by atoms with Gasteiger partial charge in [-0.15, -0.1) is 11.6 Å². The lowest BCUT2D eigenvalue weighted by Crippen LogP contribution is -2.46. The summed E-state index contributed by atoms with van der Waals surface area (Å²) in [5, 5.41) is -0.131. The van der Waals surface area contributed by atoms with Crippen LogP contribution in [-0.2, 0) is 10.2 Å². The Bertz CT molecular complexity index is 350. The van der Waals surface area contributed by atoms with Gasteiger partial charge in [0.2, 0.25) is 0 Å². The zero-order valence-electron chi connectivity index (χ0n) is 12.2. The van der Waals surface area contributed by atoms with Gasteiger partial charge in [0.15, 0.2) is 0 Å². The molecule has 4 nitrogen and oxygen atoms in total. The van der Waals surface area contributed by atoms with Crippen LogP contribution in [0, 0.1) is 11.8 Å². The van der Waals surface area contributed by atoms with Crippen molar-refractivity contribution in [1.82, 2.24) is 9.03 Å². The van der Waals surface area contributed by atoms with Crippen LogP contribution in [0.3, 0.4) is 0 Å². The van der Waals surface area contributed by atoms with Crippen LogP contribution in [0.1, 0.15) is 46.5 Å². The molecule has 0 aliphatic carbocycles. The van der Waals surface area contributed by atoms with Gasteiger partial charge in [0.1, 0.15) is 0 Å². The molecule has 1 aliphatic rings. The van der Waals surface area contributed by atoms with E-state index in [0.29, 0.717) is 31.5 Å². The highest BCUT2D eigenvalue weighted by molar-refractivity contribution is 7.87. The van der Waals surface area contributed by atoms with Gasteiger partial charge in [-0.25, -0.2) is 4.72 Å². The molecule has 1 rings (SSSR count). The summed E-state index contributed by atoms with van der Waals surface area (Å²) in [6.07, 6.45) is 3.84. The van der Waals surface area contributed by atoms with E-state index in [1.807, 2.05) is 0 Å². The molecule has 6 heteroatoms. The highest BCUT2D eigenvalue weighted by atomic mass is 35.5. The zero-order chi connectivity index (χ0) is 14.5. The van der Waals surface area contributed by atoms with E-state index in [1.54, 1.807) is 4.31 Å². The van der Waals surface area contributed by atoms with E-state index >= 15 is 0 Å². The van der Waals surface area contributed by atoms with Gasteiger partial charge >= 0.3 is 0 Å². The van der Waals surface area contributed by atoms with Gasteiger partial charge in [0.05, 0.1) is 0 Å². The van der Waals surface area contributed by atoms with Crippen molar-refractivity contribution in [2.24, 2.45) is 11.8 Å². The Morgan fingerprint density at radius 1 is 1.26 bits per heavy atom. The van der Waals surface area contributed by atoms with Crippen molar-refractivity contribution in [3.63, 3.8) is 0 Å². The van der Waals surface area contributed by atoms with Crippen molar-refractivity contribution in [3.05, 3.63) is 0 Å². The molecule has 19 heavy (non-hydrogen) atoms. The van der Waals surface area contributed by atoms with E-state index in [4.69, 9.17) is 11.6 Å². The van der Waals surface area contributed by atoms with E-state index in [2.05, 4.69) is 25.5 Å². The van der Waals surface area contributed by atoms with Crippen molar-refractivity contribution in [2.75, 3.05) is 19.6 Å². The van der Waals surface area contributed by atoms with E-state index in [9.17, 15) is 8.42 Å². The summed E-state index contributed by atoms with van der Waals surface area (Å²) in [6.45, 7) is 7.90. The molecule has 1 N–H and O–H groups in total. The predicted octanol–water partition coefficient (Wildman–Crippen LogP) is 2.60. The lowest BCUT2D eigenvalue weighted by atomic mass is 9.99. The summed E-state index contributed by atoms with van der Waals surface area (Å²) in [5.41, 5.74) is 0. The van der Waals surface area contributed by atoms with Crippen molar-refractivity contribution in [2.45, 2.75) is 51.8 Å². The summed E-state index contributed by atoms with van der Waals surface area (Å²) in [6, 6.07) is 0. The Morgan fingerprint density at radius 2 is 1.79 bits per heavy atom. The van der Waals surface area contributed by atoms with Crippen LogP contribution >= 0.6 is 11.6 Å². The number of rotatable bonds is 7. The van der Waals surface area contributed by atoms with Gasteiger partial charge in [-0.3, -0.25) is 0 Å². The van der Waals surface area contributed by atoms with Gasteiger partial charge in [-0.05, 0) is 24.7 Å². The molecule has 0 aromatic carbocycles. The smallest absolute Gasteiger partial charge is 0.201 e. The normalized spacial score (nSPS) is 20.9. The molecular formula is C13H27ClN2O2S. The fourth-order valence-electron chi connectivity index (χ4n) is 2.47. The highest BCUT2D eigenvalue weighted by Crippen LogP contribution is 2.20. The van der Waals surface area contributed by atoms with Gasteiger partial charge in [0, 0.05) is 25.0 Å². The summed E-state index contributed by atoms with van der Waals surface area (Å²) < 4.78 is 28.5. The molecule has 0 saturated carbocycles. The molecule has 1 unspecified atom stereocenters. The summed E-state index contributed by atoms with van der Waals surface area (Å²) in [7, 11) is -3.35. The van der Waals surface area contributed by atoms with Crippen molar-refractivity contribution >= 4 is 21.8 Å². The number of piperidine rings is 1. The summed E-state index contributed by atoms with van der Waals surface area (Å²) >= 11 is 6.27. The Kier molecular flexibility index (Phi) is 7.08. The van der Waals surface area contributed by atoms with E-state index in [-0.39, 0.29) is 5.38 Å². The lowest BCUT2D eigenvalue weighted by Gasteiger charge is -2.30. The van der Waals surface area contributed by atoms with Crippen LogP contribution in [0.4, 0.5) is 0 Å². The second-order valence-corrected chi connectivity index (χ2v) is 7.84. The number of nitrogens with zero attached hydrogens (tertiary/aromatic N) is 1. The standard InChI is InChI=1S/C13H27ClN2O2S/c1-4-12(5-2)13(14)10-15-19(17,18)16-8-6-11(3)7-9-16/h11-13,15H,4-10H2,1-3H3. The molecule has 1 atom stereocenters. The minimum atomic E-state index is -3.35. The average Bonchev–Trinajstić information content (AvgIpc) is 2.38. The highest BCUT2D eigenvalue weighted by Gasteiger charge is 2.27. The molecule has 1 saturated heterocycles. The van der Waals surface area contributed by atoms with E-state index < -0.39 is 10.2 Å². The van der Waals surface area contributed by atoms with E-state index in [0.717, 1.165) is 25.7 Å². The molecule has 0 radical (unpaired) electrons. The fraction of sp³-hybridized carbons (Fsp3) is 1.00. The SMILES string of the molecule is CCC(CC)C(Cl)CNS(=O)(=O)N1CCC(C)CC1. The summed E-state index contributed by atoms with van der Waals surface area (Å²) in [4.78, 5) is 0. The van der Waals surface area contributed by atoms with Crippen LogP contribution in [0.15, 0.2) is 0 Å². The van der Waals surface area contributed by atoms with Crippen molar-refractivity contribution < 1.29 is 8.42 Å². The minimum Gasteiger partial charge on any atom is -0.201 e. The van der Waals surface area contributed by atoms with Gasteiger partial charge in [0.25, 0.3) is 10.2 Å². The Hall–Kier alpha value is 0.160. The van der Waals surface area contributed by atoms with Crippen molar-refractivity contribution in [3.8, 4) is 0 Å². The first-order valence-corrected chi connectivity index (χ1v) is 9.17. The zero-order valence-corrected chi connectivity index (χ0v) is 13.8. The number of hydrogen-bond acceptors (Lipinski definition) is 2. The second-order valence-electron chi connectivity index (χ2n) is 5.53. The monoisotopic (exact) mass is 310 g/mol. The first-order valence-electron chi connectivity index (χ1n) is 7.29. The molecule has 0 amide bonds. The third kappa shape index (κ3) is 5.21. The predicted molar refractivity (Wildman–Crippen MR) is 80.6 cm³/mol. The number of hydrogen-bond donors (Lipinski definition) is 1. The average molecular weight is 311 g/mol. The fourth-order valence-corrected chi connectivity index (χ4v) is 4.26. The van der Waals surface area contributed by atoms with Crippen molar-refractivity contribution in [1.29, 1.82) is 0 Å². The summed E-state index contributed by atoms with van der Waals surface area (Å²) in [5.74, 6) is 0.988. The molecule has 0 aromatic rings. The van der Waals surface area contributed by atoms with E-state index in [1.165, 1.54) is 0 Å². The molecule has 114 valence electrons. The second kappa shape index (κ2) is 7.81. The van der Waals surface area contributed by atoms with Crippen LogP contribution in [0.25, 0.3) is 0 Å². The largest absolute Gasteiger partial charge is 0.279 e. The van der Waals surface area contributed by atoms with Gasteiger partial charge < -0.3 is 0 Å². The topological polar surface area (TPSA) is 49.4 Å². The molecule has 1 aliphatic heterocycles. The first-order chi connectivity index (χ1) is 8.90. The number of alkyl halides is 1. The third-order valence-corrected chi connectivity index (χ3v) is 6.19. The maximum atomic E-state index is 12.2. The first kappa shape index (κ1) is 17.2. The Labute approximate surface area is 123 Å². The molecule has 1 fully saturated rings. The Morgan fingerprint density at radius 3 is 2.26 bits per heavy atom. The molecule has 0 aromatic heterocycles. The van der Waals surface area contributed by atoms with Crippen LogP contribution in [0.5, 0.6) is 0 Å². The van der Waals surface area contributed by atoms with Crippen LogP contribution in [0.2, 0.25) is 0 Å². The van der Waals surface area contributed by atoms with Gasteiger partial charge in [-0.2, -0.15) is 12.7 Å². The third-order valence-electron chi connectivity index (χ3n) is 4.10. The molecule has 1 heterocycles. The van der Waals surface area contributed by atoms with Crippen LogP contribution in [-0.4, -0.2) is 37.7 Å². The van der Waals surface area contributed by atoms with Crippen LogP contribution < -0.4 is 4.72 Å². The molecule has 0 bridgehead atoms. The Balaban J connectivity index is 2.46. The molecular weight excluding hydrogens is 284 g/mol. The quantitative estimate of drug-likeness (QED) is 0.735. The molecule has 0 spiro atoms. The maximum absolute atomic E-state index is 12.2. The van der Waals surface area contributed by atoms with Gasteiger partial charge in [-0.1, -0.05) is 33.6 Å².